The average molecular weight is 307 g/mol. The summed E-state index contributed by atoms with van der Waals surface area (Å²) in [4.78, 5) is 15.6. The van der Waals surface area contributed by atoms with Crippen molar-refractivity contribution in [2.24, 2.45) is 0 Å². The number of thiophene rings is 1. The van der Waals surface area contributed by atoms with E-state index in [0.717, 1.165) is 16.0 Å². The zero-order valence-corrected chi connectivity index (χ0v) is 12.9. The maximum atomic E-state index is 13.0. The molecule has 2 rings (SSSR count). The van der Waals surface area contributed by atoms with E-state index in [0.29, 0.717) is 18.0 Å². The van der Waals surface area contributed by atoms with Gasteiger partial charge in [-0.05, 0) is 43.2 Å². The molecule has 1 heterocycles. The molecule has 2 aromatic rings. The van der Waals surface area contributed by atoms with Crippen LogP contribution in [-0.4, -0.2) is 35.6 Å². The SMILES string of the molecule is CCN(CCO)C(=O)c1cc(C)c(-c2ccc(F)cc2)s1. The Kier molecular flexibility index (Phi) is 5.09. The first-order chi connectivity index (χ1) is 10.1. The Hall–Kier alpha value is -1.72. The van der Waals surface area contributed by atoms with Gasteiger partial charge in [-0.15, -0.1) is 11.3 Å². The van der Waals surface area contributed by atoms with Gasteiger partial charge in [0, 0.05) is 18.0 Å². The number of nitrogens with zero attached hydrogens (tertiary/aromatic N) is 1. The lowest BCUT2D eigenvalue weighted by atomic mass is 10.1. The summed E-state index contributed by atoms with van der Waals surface area (Å²) in [6, 6.07) is 8.12. The predicted octanol–water partition coefficient (Wildman–Crippen LogP) is 3.32. The van der Waals surface area contributed by atoms with Gasteiger partial charge in [0.1, 0.15) is 5.82 Å². The molecule has 0 bridgehead atoms. The highest BCUT2D eigenvalue weighted by Gasteiger charge is 2.18. The van der Waals surface area contributed by atoms with Crippen molar-refractivity contribution in [2.75, 3.05) is 19.7 Å². The molecule has 3 nitrogen and oxygen atoms in total. The summed E-state index contributed by atoms with van der Waals surface area (Å²) in [5.41, 5.74) is 1.90. The van der Waals surface area contributed by atoms with Crippen LogP contribution in [0.1, 0.15) is 22.2 Å². The highest BCUT2D eigenvalue weighted by atomic mass is 32.1. The average Bonchev–Trinajstić information content (AvgIpc) is 2.87. The van der Waals surface area contributed by atoms with Crippen molar-refractivity contribution < 1.29 is 14.3 Å². The van der Waals surface area contributed by atoms with Gasteiger partial charge in [0.2, 0.25) is 0 Å². The van der Waals surface area contributed by atoms with E-state index in [1.807, 2.05) is 19.9 Å². The van der Waals surface area contributed by atoms with Crippen LogP contribution in [-0.2, 0) is 0 Å². The third-order valence-corrected chi connectivity index (χ3v) is 4.55. The molecule has 0 saturated carbocycles. The molecule has 0 saturated heterocycles. The van der Waals surface area contributed by atoms with Crippen LogP contribution in [0.25, 0.3) is 10.4 Å². The quantitative estimate of drug-likeness (QED) is 0.920. The molecule has 0 unspecified atom stereocenters. The van der Waals surface area contributed by atoms with Gasteiger partial charge in [-0.1, -0.05) is 12.1 Å². The van der Waals surface area contributed by atoms with Crippen LogP contribution in [0, 0.1) is 12.7 Å². The molecule has 0 aliphatic carbocycles. The fourth-order valence-electron chi connectivity index (χ4n) is 2.16. The number of aryl methyl sites for hydroxylation is 1. The van der Waals surface area contributed by atoms with Crippen LogP contribution >= 0.6 is 11.3 Å². The van der Waals surface area contributed by atoms with Gasteiger partial charge in [0.05, 0.1) is 11.5 Å². The van der Waals surface area contributed by atoms with Gasteiger partial charge in [-0.25, -0.2) is 4.39 Å². The van der Waals surface area contributed by atoms with Crippen LogP contribution in [0.15, 0.2) is 30.3 Å². The van der Waals surface area contributed by atoms with Crippen LogP contribution in [0.3, 0.4) is 0 Å². The number of carbonyl (C=O) groups excluding carboxylic acids is 1. The lowest BCUT2D eigenvalue weighted by molar-refractivity contribution is 0.0737. The maximum absolute atomic E-state index is 13.0. The first-order valence-corrected chi connectivity index (χ1v) is 7.65. The van der Waals surface area contributed by atoms with Crippen molar-refractivity contribution in [1.29, 1.82) is 0 Å². The van der Waals surface area contributed by atoms with Crippen LogP contribution in [0.5, 0.6) is 0 Å². The van der Waals surface area contributed by atoms with Crippen LogP contribution in [0.2, 0.25) is 0 Å². The molecule has 0 aliphatic heterocycles. The Bertz CT molecular complexity index is 622. The van der Waals surface area contributed by atoms with E-state index in [1.165, 1.54) is 23.5 Å². The molecular weight excluding hydrogens is 289 g/mol. The number of carbonyl (C=O) groups is 1. The smallest absolute Gasteiger partial charge is 0.264 e. The van der Waals surface area contributed by atoms with E-state index in [1.54, 1.807) is 17.0 Å². The molecule has 0 fully saturated rings. The number of halogens is 1. The lowest BCUT2D eigenvalue weighted by Crippen LogP contribution is -2.32. The summed E-state index contributed by atoms with van der Waals surface area (Å²) in [6.45, 7) is 4.67. The summed E-state index contributed by atoms with van der Waals surface area (Å²) < 4.78 is 13.0. The predicted molar refractivity (Wildman–Crippen MR) is 83.1 cm³/mol. The summed E-state index contributed by atoms with van der Waals surface area (Å²) in [5, 5.41) is 9.00. The summed E-state index contributed by atoms with van der Waals surface area (Å²) in [7, 11) is 0. The largest absolute Gasteiger partial charge is 0.395 e. The first kappa shape index (κ1) is 15.7. The van der Waals surface area contributed by atoms with E-state index >= 15 is 0 Å². The first-order valence-electron chi connectivity index (χ1n) is 6.83. The van der Waals surface area contributed by atoms with Crippen molar-refractivity contribution >= 4 is 17.2 Å². The van der Waals surface area contributed by atoms with Crippen LogP contribution < -0.4 is 0 Å². The molecule has 1 aromatic heterocycles. The maximum Gasteiger partial charge on any atom is 0.264 e. The summed E-state index contributed by atoms with van der Waals surface area (Å²) in [6.07, 6.45) is 0. The molecule has 0 radical (unpaired) electrons. The number of hydrogen-bond acceptors (Lipinski definition) is 3. The van der Waals surface area contributed by atoms with Crippen molar-refractivity contribution in [3.8, 4) is 10.4 Å². The fourth-order valence-corrected chi connectivity index (χ4v) is 3.30. The number of amides is 1. The summed E-state index contributed by atoms with van der Waals surface area (Å²) >= 11 is 1.40. The topological polar surface area (TPSA) is 40.5 Å². The molecular formula is C16H18FNO2S. The van der Waals surface area contributed by atoms with Crippen molar-refractivity contribution in [3.63, 3.8) is 0 Å². The van der Waals surface area contributed by atoms with Crippen molar-refractivity contribution in [1.82, 2.24) is 4.90 Å². The Morgan fingerprint density at radius 1 is 1.33 bits per heavy atom. The van der Waals surface area contributed by atoms with Gasteiger partial charge in [0.15, 0.2) is 0 Å². The molecule has 0 aliphatic rings. The molecule has 1 amide bonds. The zero-order valence-electron chi connectivity index (χ0n) is 12.1. The minimum atomic E-state index is -0.274. The molecule has 0 atom stereocenters. The minimum absolute atomic E-state index is 0.0469. The number of likely N-dealkylation sites (N-methyl/N-ethyl adjacent to an activating group) is 1. The number of aliphatic hydroxyl groups excluding tert-OH is 1. The van der Waals surface area contributed by atoms with E-state index in [9.17, 15) is 9.18 Å². The molecule has 1 aromatic carbocycles. The molecule has 1 N–H and O–H groups in total. The Morgan fingerprint density at radius 2 is 2.00 bits per heavy atom. The number of benzene rings is 1. The monoisotopic (exact) mass is 307 g/mol. The highest BCUT2D eigenvalue weighted by molar-refractivity contribution is 7.17. The van der Waals surface area contributed by atoms with E-state index < -0.39 is 0 Å². The Morgan fingerprint density at radius 3 is 2.57 bits per heavy atom. The number of aliphatic hydroxyl groups is 1. The number of hydrogen-bond donors (Lipinski definition) is 1. The minimum Gasteiger partial charge on any atom is -0.395 e. The van der Waals surface area contributed by atoms with Crippen molar-refractivity contribution in [2.45, 2.75) is 13.8 Å². The fraction of sp³-hybridized carbons (Fsp3) is 0.312. The van der Waals surface area contributed by atoms with E-state index in [2.05, 4.69) is 0 Å². The highest BCUT2D eigenvalue weighted by Crippen LogP contribution is 2.33. The molecule has 112 valence electrons. The lowest BCUT2D eigenvalue weighted by Gasteiger charge is -2.18. The van der Waals surface area contributed by atoms with Gasteiger partial charge in [-0.2, -0.15) is 0 Å². The van der Waals surface area contributed by atoms with Crippen LogP contribution in [0.4, 0.5) is 4.39 Å². The van der Waals surface area contributed by atoms with E-state index in [-0.39, 0.29) is 18.3 Å². The Balaban J connectivity index is 2.30. The third-order valence-electron chi connectivity index (χ3n) is 3.27. The molecule has 21 heavy (non-hydrogen) atoms. The van der Waals surface area contributed by atoms with Gasteiger partial charge in [0.25, 0.3) is 5.91 Å². The van der Waals surface area contributed by atoms with E-state index in [4.69, 9.17) is 5.11 Å². The van der Waals surface area contributed by atoms with Crippen molar-refractivity contribution in [3.05, 3.63) is 46.6 Å². The molecule has 0 spiro atoms. The summed E-state index contributed by atoms with van der Waals surface area (Å²) in [5.74, 6) is -0.350. The third kappa shape index (κ3) is 3.49. The van der Waals surface area contributed by atoms with Gasteiger partial charge < -0.3 is 10.0 Å². The van der Waals surface area contributed by atoms with Gasteiger partial charge in [-0.3, -0.25) is 4.79 Å². The molecule has 5 heteroatoms. The second-order valence-corrected chi connectivity index (χ2v) is 5.79. The van der Waals surface area contributed by atoms with Gasteiger partial charge >= 0.3 is 0 Å². The normalized spacial score (nSPS) is 10.7. The second kappa shape index (κ2) is 6.83. The Labute approximate surface area is 127 Å². The second-order valence-electron chi connectivity index (χ2n) is 4.74. The standard InChI is InChI=1S/C16H18FNO2S/c1-3-18(8-9-19)16(20)14-10-11(2)15(21-14)12-4-6-13(17)7-5-12/h4-7,10,19H,3,8-9H2,1-2H3. The number of rotatable bonds is 5. The zero-order chi connectivity index (χ0) is 15.4.